The summed E-state index contributed by atoms with van der Waals surface area (Å²) in [5.41, 5.74) is 2.70. The van der Waals surface area contributed by atoms with Crippen LogP contribution in [0.2, 0.25) is 0 Å². The van der Waals surface area contributed by atoms with Crippen LogP contribution in [0.15, 0.2) is 48.8 Å². The molecule has 0 fully saturated rings. The Balaban J connectivity index is 2.10. The minimum Gasteiger partial charge on any atom is -0.478 e. The highest BCUT2D eigenvalue weighted by Crippen LogP contribution is 2.25. The average molecular weight is 332 g/mol. The number of rotatable bonds is 4. The van der Waals surface area contributed by atoms with Gasteiger partial charge in [-0.15, -0.1) is 0 Å². The third-order valence-electron chi connectivity index (χ3n) is 3.85. The molecule has 0 unspecified atom stereocenters. The number of carboxylic acid groups (broad SMARTS) is 1. The van der Waals surface area contributed by atoms with Crippen LogP contribution in [0.5, 0.6) is 0 Å². The molecule has 1 aromatic carbocycles. The summed E-state index contributed by atoms with van der Waals surface area (Å²) in [6.07, 6.45) is 3.05. The maximum absolute atomic E-state index is 11.4. The molecule has 0 saturated heterocycles. The summed E-state index contributed by atoms with van der Waals surface area (Å²) in [6, 6.07) is 13.3. The van der Waals surface area contributed by atoms with Crippen LogP contribution in [0.25, 0.3) is 16.9 Å². The van der Waals surface area contributed by atoms with E-state index in [0.717, 1.165) is 11.1 Å². The van der Waals surface area contributed by atoms with Crippen molar-refractivity contribution in [2.75, 3.05) is 0 Å². The Hall–Kier alpha value is -3.46. The van der Waals surface area contributed by atoms with E-state index in [4.69, 9.17) is 0 Å². The highest BCUT2D eigenvalue weighted by atomic mass is 16.4. The number of carbonyl (C=O) groups is 1. The molecule has 0 bridgehead atoms. The molecule has 0 atom stereocenters. The van der Waals surface area contributed by atoms with Gasteiger partial charge in [-0.05, 0) is 11.5 Å². The van der Waals surface area contributed by atoms with Crippen molar-refractivity contribution in [1.82, 2.24) is 14.8 Å². The van der Waals surface area contributed by atoms with Crippen LogP contribution in [0, 0.1) is 11.3 Å². The first-order valence-corrected chi connectivity index (χ1v) is 7.80. The average Bonchev–Trinajstić information content (AvgIpc) is 3.08. The van der Waals surface area contributed by atoms with Gasteiger partial charge in [-0.25, -0.2) is 14.5 Å². The maximum Gasteiger partial charge on any atom is 0.339 e. The summed E-state index contributed by atoms with van der Waals surface area (Å²) in [5, 5.41) is 23.2. The lowest BCUT2D eigenvalue weighted by Crippen LogP contribution is -2.02. The second kappa shape index (κ2) is 6.57. The molecular formula is C19H16N4O2. The molecular weight excluding hydrogens is 316 g/mol. The van der Waals surface area contributed by atoms with Crippen molar-refractivity contribution in [2.24, 2.45) is 0 Å². The number of aromatic nitrogens is 3. The van der Waals surface area contributed by atoms with Gasteiger partial charge in [0.05, 0.1) is 17.3 Å². The minimum absolute atomic E-state index is 0.0358. The maximum atomic E-state index is 11.4. The Kier molecular flexibility index (Phi) is 4.31. The quantitative estimate of drug-likeness (QED) is 0.787. The number of carboxylic acids is 1. The van der Waals surface area contributed by atoms with Crippen LogP contribution in [0.4, 0.5) is 0 Å². The van der Waals surface area contributed by atoms with Crippen molar-refractivity contribution in [3.63, 3.8) is 0 Å². The van der Waals surface area contributed by atoms with Crippen LogP contribution in [-0.4, -0.2) is 25.8 Å². The van der Waals surface area contributed by atoms with Gasteiger partial charge >= 0.3 is 5.97 Å². The monoisotopic (exact) mass is 332 g/mol. The Labute approximate surface area is 145 Å². The van der Waals surface area contributed by atoms with Crippen molar-refractivity contribution in [3.8, 4) is 23.0 Å². The molecule has 0 amide bonds. The molecule has 124 valence electrons. The van der Waals surface area contributed by atoms with Gasteiger partial charge < -0.3 is 5.11 Å². The standard InChI is InChI=1S/C19H16N4O2/c1-12(2)18-16(19(24)25)11-23(22-18)17-8-14(9-20)15(10-21-17)13-6-4-3-5-7-13/h3-8,10-12H,1-2H3,(H,24,25). The van der Waals surface area contributed by atoms with E-state index < -0.39 is 5.97 Å². The van der Waals surface area contributed by atoms with E-state index in [2.05, 4.69) is 16.2 Å². The van der Waals surface area contributed by atoms with Crippen LogP contribution in [0.3, 0.4) is 0 Å². The number of benzene rings is 1. The molecule has 2 aromatic heterocycles. The fourth-order valence-corrected chi connectivity index (χ4v) is 2.61. The topological polar surface area (TPSA) is 91.8 Å². The van der Waals surface area contributed by atoms with E-state index in [-0.39, 0.29) is 11.5 Å². The van der Waals surface area contributed by atoms with Crippen LogP contribution in [0.1, 0.15) is 41.4 Å². The summed E-state index contributed by atoms with van der Waals surface area (Å²) in [6.45, 7) is 3.76. The van der Waals surface area contributed by atoms with Crippen LogP contribution < -0.4 is 0 Å². The third kappa shape index (κ3) is 3.12. The van der Waals surface area contributed by atoms with E-state index in [9.17, 15) is 15.2 Å². The summed E-state index contributed by atoms with van der Waals surface area (Å²) in [4.78, 5) is 15.8. The second-order valence-corrected chi connectivity index (χ2v) is 5.90. The number of aromatic carboxylic acids is 1. The van der Waals surface area contributed by atoms with Crippen LogP contribution >= 0.6 is 0 Å². The number of pyridine rings is 1. The molecule has 0 spiro atoms. The first kappa shape index (κ1) is 16.4. The van der Waals surface area contributed by atoms with Crippen molar-refractivity contribution < 1.29 is 9.90 Å². The first-order chi connectivity index (χ1) is 12.0. The lowest BCUT2D eigenvalue weighted by atomic mass is 10.0. The lowest BCUT2D eigenvalue weighted by molar-refractivity contribution is 0.0695. The number of hydrogen-bond donors (Lipinski definition) is 1. The van der Waals surface area contributed by atoms with Gasteiger partial charge in [0.15, 0.2) is 5.82 Å². The van der Waals surface area contributed by atoms with Gasteiger partial charge in [-0.3, -0.25) is 0 Å². The number of hydrogen-bond acceptors (Lipinski definition) is 4. The van der Waals surface area contributed by atoms with E-state index in [1.807, 2.05) is 44.2 Å². The van der Waals surface area contributed by atoms with Crippen molar-refractivity contribution in [1.29, 1.82) is 5.26 Å². The molecule has 2 heterocycles. The van der Waals surface area contributed by atoms with E-state index in [0.29, 0.717) is 17.1 Å². The third-order valence-corrected chi connectivity index (χ3v) is 3.85. The molecule has 6 nitrogen and oxygen atoms in total. The molecule has 3 aromatic rings. The Morgan fingerprint density at radius 3 is 2.56 bits per heavy atom. The molecule has 0 radical (unpaired) electrons. The summed E-state index contributed by atoms with van der Waals surface area (Å²) >= 11 is 0. The zero-order chi connectivity index (χ0) is 18.0. The van der Waals surface area contributed by atoms with Crippen molar-refractivity contribution >= 4 is 5.97 Å². The van der Waals surface area contributed by atoms with Gasteiger partial charge in [0.1, 0.15) is 5.56 Å². The zero-order valence-electron chi connectivity index (χ0n) is 13.8. The molecule has 0 saturated carbocycles. The summed E-state index contributed by atoms with van der Waals surface area (Å²) in [5.74, 6) is -0.659. The van der Waals surface area contributed by atoms with E-state index >= 15 is 0 Å². The fourth-order valence-electron chi connectivity index (χ4n) is 2.61. The van der Waals surface area contributed by atoms with Crippen molar-refractivity contribution in [3.05, 3.63) is 65.6 Å². The predicted molar refractivity (Wildman–Crippen MR) is 92.6 cm³/mol. The van der Waals surface area contributed by atoms with Gasteiger partial charge in [0.2, 0.25) is 0 Å². The fraction of sp³-hybridized carbons (Fsp3) is 0.158. The van der Waals surface area contributed by atoms with Crippen molar-refractivity contribution in [2.45, 2.75) is 19.8 Å². The predicted octanol–water partition coefficient (Wildman–Crippen LogP) is 3.63. The zero-order valence-corrected chi connectivity index (χ0v) is 13.8. The van der Waals surface area contributed by atoms with Crippen LogP contribution in [-0.2, 0) is 0 Å². The molecule has 0 aliphatic rings. The normalized spacial score (nSPS) is 10.6. The lowest BCUT2D eigenvalue weighted by Gasteiger charge is -2.07. The van der Waals surface area contributed by atoms with Gasteiger partial charge in [-0.2, -0.15) is 10.4 Å². The molecule has 0 aliphatic carbocycles. The van der Waals surface area contributed by atoms with E-state index in [1.165, 1.54) is 10.9 Å². The molecule has 6 heteroatoms. The highest BCUT2D eigenvalue weighted by molar-refractivity contribution is 5.89. The summed E-state index contributed by atoms with van der Waals surface area (Å²) in [7, 11) is 0. The number of nitriles is 1. The highest BCUT2D eigenvalue weighted by Gasteiger charge is 2.19. The van der Waals surface area contributed by atoms with Gasteiger partial charge in [0, 0.05) is 24.0 Å². The van der Waals surface area contributed by atoms with E-state index in [1.54, 1.807) is 12.3 Å². The Morgan fingerprint density at radius 2 is 2.00 bits per heavy atom. The Morgan fingerprint density at radius 1 is 1.28 bits per heavy atom. The molecule has 1 N–H and O–H groups in total. The second-order valence-electron chi connectivity index (χ2n) is 5.90. The molecule has 0 aliphatic heterocycles. The molecule has 3 rings (SSSR count). The Bertz CT molecular complexity index is 969. The largest absolute Gasteiger partial charge is 0.478 e. The molecule has 25 heavy (non-hydrogen) atoms. The SMILES string of the molecule is CC(C)c1nn(-c2cc(C#N)c(-c3ccccc3)cn2)cc1C(=O)O. The van der Waals surface area contributed by atoms with Gasteiger partial charge in [0.25, 0.3) is 0 Å². The minimum atomic E-state index is -1.03. The summed E-state index contributed by atoms with van der Waals surface area (Å²) < 4.78 is 1.41. The number of nitrogens with zero attached hydrogens (tertiary/aromatic N) is 4. The smallest absolute Gasteiger partial charge is 0.339 e. The first-order valence-electron chi connectivity index (χ1n) is 7.80. The van der Waals surface area contributed by atoms with Gasteiger partial charge in [-0.1, -0.05) is 44.2 Å².